The molecule has 1 aliphatic carbocycles. The third kappa shape index (κ3) is 2.79. The number of nitrogen functional groups attached to an aromatic ring is 2. The minimum atomic E-state index is -0.404. The second kappa shape index (κ2) is 6.30. The van der Waals surface area contributed by atoms with Crippen LogP contribution in [-0.4, -0.2) is 12.1 Å². The largest absolute Gasteiger partial charge is 0.494 e. The molecule has 24 heavy (non-hydrogen) atoms. The number of benzene rings is 1. The summed E-state index contributed by atoms with van der Waals surface area (Å²) < 4.78 is 19.4. The van der Waals surface area contributed by atoms with E-state index in [1.165, 1.54) is 26.0 Å². The Balaban J connectivity index is 2.23. The fourth-order valence-electron chi connectivity index (χ4n) is 3.53. The number of pyridine rings is 1. The Kier molecular flexibility index (Phi) is 4.35. The van der Waals surface area contributed by atoms with Crippen LogP contribution >= 0.6 is 0 Å². The molecule has 0 spiro atoms. The number of rotatable bonds is 5. The Labute approximate surface area is 142 Å². The highest BCUT2D eigenvalue weighted by atomic mass is 19.1. The van der Waals surface area contributed by atoms with Gasteiger partial charge < -0.3 is 16.2 Å². The summed E-state index contributed by atoms with van der Waals surface area (Å²) in [4.78, 5) is 4.26. The first-order valence-electron chi connectivity index (χ1n) is 8.36. The van der Waals surface area contributed by atoms with Crippen molar-refractivity contribution in [2.24, 2.45) is 5.92 Å². The smallest absolute Gasteiger partial charge is 0.165 e. The summed E-state index contributed by atoms with van der Waals surface area (Å²) in [6, 6.07) is 3.19. The number of hydrogen-bond acceptors (Lipinski definition) is 4. The van der Waals surface area contributed by atoms with E-state index in [-0.39, 0.29) is 11.6 Å². The number of hydrogen-bond donors (Lipinski definition) is 2. The fraction of sp³-hybridized carbons (Fsp3) is 0.421. The number of halogens is 1. The van der Waals surface area contributed by atoms with Crippen molar-refractivity contribution >= 4 is 11.5 Å². The number of anilines is 2. The van der Waals surface area contributed by atoms with Crippen molar-refractivity contribution in [2.75, 3.05) is 18.6 Å². The number of aromatic nitrogens is 1. The van der Waals surface area contributed by atoms with E-state index >= 15 is 0 Å². The van der Waals surface area contributed by atoms with Crippen molar-refractivity contribution in [3.63, 3.8) is 0 Å². The van der Waals surface area contributed by atoms with Gasteiger partial charge in [0.05, 0.1) is 12.8 Å². The fourth-order valence-corrected chi connectivity index (χ4v) is 3.53. The van der Waals surface area contributed by atoms with Crippen LogP contribution in [0.25, 0.3) is 11.1 Å². The van der Waals surface area contributed by atoms with Gasteiger partial charge >= 0.3 is 0 Å². The second-order valence-corrected chi connectivity index (χ2v) is 6.54. The van der Waals surface area contributed by atoms with E-state index in [2.05, 4.69) is 11.9 Å². The van der Waals surface area contributed by atoms with Crippen molar-refractivity contribution in [1.29, 1.82) is 0 Å². The van der Waals surface area contributed by atoms with Crippen molar-refractivity contribution in [3.05, 3.63) is 35.3 Å². The lowest BCUT2D eigenvalue weighted by molar-refractivity contribution is 0.386. The average molecular weight is 329 g/mol. The van der Waals surface area contributed by atoms with E-state index in [4.69, 9.17) is 16.2 Å². The lowest BCUT2D eigenvalue weighted by Gasteiger charge is -2.22. The summed E-state index contributed by atoms with van der Waals surface area (Å²) in [7, 11) is 1.46. The number of ether oxygens (including phenoxy) is 1. The first-order valence-corrected chi connectivity index (χ1v) is 8.36. The summed E-state index contributed by atoms with van der Waals surface area (Å²) in [6.45, 7) is 4.09. The summed E-state index contributed by atoms with van der Waals surface area (Å²) in [5.74, 6) is 1.14. The van der Waals surface area contributed by atoms with Crippen LogP contribution in [0.2, 0.25) is 0 Å². The Hall–Kier alpha value is -2.30. The topological polar surface area (TPSA) is 74.2 Å². The predicted molar refractivity (Wildman–Crippen MR) is 95.5 cm³/mol. The molecule has 2 aromatic rings. The quantitative estimate of drug-likeness (QED) is 0.859. The molecule has 1 saturated carbocycles. The van der Waals surface area contributed by atoms with Crippen molar-refractivity contribution in [1.82, 2.24) is 4.98 Å². The highest BCUT2D eigenvalue weighted by Gasteiger charge is 2.33. The van der Waals surface area contributed by atoms with Crippen LogP contribution in [0, 0.1) is 18.7 Å². The van der Waals surface area contributed by atoms with Gasteiger partial charge in [-0.05, 0) is 66.8 Å². The van der Waals surface area contributed by atoms with Gasteiger partial charge in [-0.15, -0.1) is 0 Å². The third-order valence-electron chi connectivity index (χ3n) is 4.98. The summed E-state index contributed by atoms with van der Waals surface area (Å²) >= 11 is 0. The van der Waals surface area contributed by atoms with E-state index in [1.807, 2.05) is 13.1 Å². The maximum Gasteiger partial charge on any atom is 0.165 e. The molecule has 1 heterocycles. The van der Waals surface area contributed by atoms with Gasteiger partial charge in [-0.3, -0.25) is 0 Å². The monoisotopic (exact) mass is 329 g/mol. The maximum absolute atomic E-state index is 14.3. The van der Waals surface area contributed by atoms with Crippen LogP contribution in [-0.2, 0) is 0 Å². The lowest BCUT2D eigenvalue weighted by Crippen LogP contribution is -2.09. The highest BCUT2D eigenvalue weighted by molar-refractivity contribution is 5.87. The SMILES string of the molecule is CCC(c1cnc(N)c(N)c1-c1cc(F)c(OC)cc1C)C1CC1. The van der Waals surface area contributed by atoms with Crippen LogP contribution in [0.1, 0.15) is 43.2 Å². The van der Waals surface area contributed by atoms with Gasteiger partial charge in [0.25, 0.3) is 0 Å². The third-order valence-corrected chi connectivity index (χ3v) is 4.98. The van der Waals surface area contributed by atoms with Gasteiger partial charge in [0.1, 0.15) is 5.82 Å². The molecule has 0 radical (unpaired) electrons. The second-order valence-electron chi connectivity index (χ2n) is 6.54. The molecule has 1 unspecified atom stereocenters. The van der Waals surface area contributed by atoms with Gasteiger partial charge in [0, 0.05) is 11.8 Å². The minimum absolute atomic E-state index is 0.229. The molecule has 0 bridgehead atoms. The first-order chi connectivity index (χ1) is 11.5. The van der Waals surface area contributed by atoms with Gasteiger partial charge in [-0.2, -0.15) is 0 Å². The van der Waals surface area contributed by atoms with Crippen LogP contribution < -0.4 is 16.2 Å². The molecule has 4 nitrogen and oxygen atoms in total. The Bertz CT molecular complexity index is 772. The molecule has 4 N–H and O–H groups in total. The normalized spacial score (nSPS) is 15.3. The zero-order valence-corrected chi connectivity index (χ0v) is 14.4. The molecule has 1 aliphatic rings. The molecule has 0 aliphatic heterocycles. The summed E-state index contributed by atoms with van der Waals surface area (Å²) in [5, 5.41) is 0. The van der Waals surface area contributed by atoms with E-state index in [0.29, 0.717) is 17.5 Å². The molecular weight excluding hydrogens is 305 g/mol. The van der Waals surface area contributed by atoms with E-state index in [1.54, 1.807) is 6.07 Å². The van der Waals surface area contributed by atoms with Crippen LogP contribution in [0.3, 0.4) is 0 Å². The number of nitrogens with zero attached hydrogens (tertiary/aromatic N) is 1. The van der Waals surface area contributed by atoms with Gasteiger partial charge in [-0.25, -0.2) is 9.37 Å². The van der Waals surface area contributed by atoms with E-state index in [9.17, 15) is 4.39 Å². The zero-order valence-electron chi connectivity index (χ0n) is 14.4. The Morgan fingerprint density at radius 2 is 2.04 bits per heavy atom. The van der Waals surface area contributed by atoms with E-state index in [0.717, 1.165) is 28.7 Å². The van der Waals surface area contributed by atoms with Crippen LogP contribution in [0.4, 0.5) is 15.9 Å². The molecule has 1 aromatic carbocycles. The number of nitrogens with two attached hydrogens (primary N) is 2. The Morgan fingerprint density at radius 3 is 2.62 bits per heavy atom. The average Bonchev–Trinajstić information content (AvgIpc) is 3.39. The molecule has 5 heteroatoms. The van der Waals surface area contributed by atoms with Crippen molar-refractivity contribution in [2.45, 2.75) is 39.0 Å². The molecule has 0 amide bonds. The number of aryl methyl sites for hydroxylation is 1. The molecular formula is C19H24FN3O. The van der Waals surface area contributed by atoms with Crippen molar-refractivity contribution < 1.29 is 9.13 Å². The summed E-state index contributed by atoms with van der Waals surface area (Å²) in [5.41, 5.74) is 16.2. The van der Waals surface area contributed by atoms with Gasteiger partial charge in [0.2, 0.25) is 0 Å². The molecule has 1 aromatic heterocycles. The first kappa shape index (κ1) is 16.6. The lowest BCUT2D eigenvalue weighted by atomic mass is 9.85. The van der Waals surface area contributed by atoms with Gasteiger partial charge in [0.15, 0.2) is 11.6 Å². The van der Waals surface area contributed by atoms with E-state index < -0.39 is 5.82 Å². The molecule has 1 fully saturated rings. The standard InChI is InChI=1S/C19H24FN3O/c1-4-12(11-5-6-11)14-9-23-19(22)18(21)17(14)13-8-15(20)16(24-3)7-10(13)2/h7-9,11-12H,4-6,21H2,1-3H3,(H2,22,23). The Morgan fingerprint density at radius 1 is 1.33 bits per heavy atom. The van der Waals surface area contributed by atoms with Crippen LogP contribution in [0.5, 0.6) is 5.75 Å². The summed E-state index contributed by atoms with van der Waals surface area (Å²) in [6.07, 6.45) is 5.26. The number of methoxy groups -OCH3 is 1. The maximum atomic E-state index is 14.3. The predicted octanol–water partition coefficient (Wildman–Crippen LogP) is 4.27. The molecule has 0 saturated heterocycles. The highest BCUT2D eigenvalue weighted by Crippen LogP contribution is 2.49. The van der Waals surface area contributed by atoms with Crippen molar-refractivity contribution in [3.8, 4) is 16.9 Å². The zero-order chi connectivity index (χ0) is 17.4. The minimum Gasteiger partial charge on any atom is -0.494 e. The molecule has 3 rings (SSSR count). The molecule has 128 valence electrons. The van der Waals surface area contributed by atoms with Crippen LogP contribution in [0.15, 0.2) is 18.3 Å². The van der Waals surface area contributed by atoms with Gasteiger partial charge in [-0.1, -0.05) is 6.92 Å². The molecule has 1 atom stereocenters.